The molecule has 0 atom stereocenters. The molecule has 9 nitrogen and oxygen atoms in total. The normalized spacial score (nSPS) is 15.0. The SMILES string of the molecule is CC(C)(C)OOC(=O)c1ccc2c(c1)Oc1cc(C(=O)OOC(C)(C)C)ccc1C21OC(=O)c2ccccc21. The van der Waals surface area contributed by atoms with E-state index < -0.39 is 34.7 Å². The lowest BCUT2D eigenvalue weighted by Gasteiger charge is -2.36. The number of fused-ring (bicyclic) bond motifs is 6. The van der Waals surface area contributed by atoms with E-state index in [4.69, 9.17) is 29.0 Å². The fourth-order valence-corrected chi connectivity index (χ4v) is 4.35. The van der Waals surface area contributed by atoms with Gasteiger partial charge in [-0.05, 0) is 84.0 Å². The van der Waals surface area contributed by atoms with Gasteiger partial charge in [0.2, 0.25) is 0 Å². The molecule has 2 heterocycles. The summed E-state index contributed by atoms with van der Waals surface area (Å²) in [4.78, 5) is 58.8. The number of benzene rings is 3. The van der Waals surface area contributed by atoms with Gasteiger partial charge >= 0.3 is 17.9 Å². The van der Waals surface area contributed by atoms with Crippen LogP contribution in [-0.4, -0.2) is 29.1 Å². The fraction of sp³-hybridized carbons (Fsp3) is 0.300. The quantitative estimate of drug-likeness (QED) is 0.226. The zero-order chi connectivity index (χ0) is 28.2. The molecule has 0 aliphatic carbocycles. The molecule has 3 aromatic carbocycles. The molecule has 1 spiro atoms. The highest BCUT2D eigenvalue weighted by molar-refractivity contribution is 5.98. The number of carbonyl (C=O) groups is 3. The third-order valence-electron chi connectivity index (χ3n) is 5.92. The van der Waals surface area contributed by atoms with Gasteiger partial charge in [0.25, 0.3) is 0 Å². The van der Waals surface area contributed by atoms with Crippen LogP contribution < -0.4 is 4.74 Å². The molecule has 202 valence electrons. The van der Waals surface area contributed by atoms with Crippen LogP contribution in [0.4, 0.5) is 0 Å². The van der Waals surface area contributed by atoms with Crippen molar-refractivity contribution in [3.8, 4) is 11.5 Å². The topological polar surface area (TPSA) is 107 Å². The number of hydrogen-bond donors (Lipinski definition) is 0. The van der Waals surface area contributed by atoms with E-state index in [-0.39, 0.29) is 22.6 Å². The van der Waals surface area contributed by atoms with Crippen molar-refractivity contribution in [2.75, 3.05) is 0 Å². The summed E-state index contributed by atoms with van der Waals surface area (Å²) in [6.07, 6.45) is 0. The van der Waals surface area contributed by atoms with Gasteiger partial charge in [-0.3, -0.25) is 9.78 Å². The van der Waals surface area contributed by atoms with Crippen molar-refractivity contribution < 1.29 is 43.4 Å². The number of ether oxygens (including phenoxy) is 2. The third kappa shape index (κ3) is 4.86. The highest BCUT2D eigenvalue weighted by Gasteiger charge is 2.53. The molecule has 0 amide bonds. The third-order valence-corrected chi connectivity index (χ3v) is 5.92. The van der Waals surface area contributed by atoms with Crippen LogP contribution in [0.25, 0.3) is 0 Å². The summed E-state index contributed by atoms with van der Waals surface area (Å²) in [5.74, 6) is -1.47. The molecule has 2 aliphatic heterocycles. The van der Waals surface area contributed by atoms with E-state index in [1.165, 1.54) is 12.1 Å². The van der Waals surface area contributed by atoms with Crippen LogP contribution in [-0.2, 0) is 29.9 Å². The zero-order valence-corrected chi connectivity index (χ0v) is 22.4. The minimum Gasteiger partial charge on any atom is -0.456 e. The Morgan fingerprint density at radius 3 is 1.67 bits per heavy atom. The van der Waals surface area contributed by atoms with Crippen LogP contribution in [0, 0.1) is 0 Å². The lowest BCUT2D eigenvalue weighted by Crippen LogP contribution is -2.33. The van der Waals surface area contributed by atoms with Crippen molar-refractivity contribution in [2.45, 2.75) is 58.3 Å². The molecule has 0 N–H and O–H groups in total. The molecule has 0 bridgehead atoms. The van der Waals surface area contributed by atoms with Crippen LogP contribution in [0.1, 0.15) is 89.3 Å². The average molecular weight is 533 g/mol. The first-order chi connectivity index (χ1) is 18.3. The molecule has 9 heteroatoms. The van der Waals surface area contributed by atoms with Crippen molar-refractivity contribution in [3.05, 3.63) is 94.0 Å². The first-order valence-electron chi connectivity index (χ1n) is 12.4. The van der Waals surface area contributed by atoms with E-state index in [0.717, 1.165) is 0 Å². The lowest BCUT2D eigenvalue weighted by molar-refractivity contribution is -0.301. The Balaban J connectivity index is 1.61. The molecule has 3 aromatic rings. The second kappa shape index (κ2) is 9.21. The first kappa shape index (κ1) is 26.4. The molecule has 0 unspecified atom stereocenters. The van der Waals surface area contributed by atoms with Crippen LogP contribution in [0.2, 0.25) is 0 Å². The Kier molecular flexibility index (Phi) is 6.24. The molecule has 0 saturated carbocycles. The van der Waals surface area contributed by atoms with Gasteiger partial charge in [0.1, 0.15) is 22.7 Å². The van der Waals surface area contributed by atoms with Crippen LogP contribution >= 0.6 is 0 Å². The maximum absolute atomic E-state index is 13.0. The lowest BCUT2D eigenvalue weighted by atomic mass is 9.77. The second-order valence-electron chi connectivity index (χ2n) is 11.3. The van der Waals surface area contributed by atoms with Crippen molar-refractivity contribution in [1.29, 1.82) is 0 Å². The monoisotopic (exact) mass is 532 g/mol. The maximum Gasteiger partial charge on any atom is 0.373 e. The van der Waals surface area contributed by atoms with Gasteiger partial charge in [-0.2, -0.15) is 9.78 Å². The smallest absolute Gasteiger partial charge is 0.373 e. The van der Waals surface area contributed by atoms with Gasteiger partial charge in [0, 0.05) is 16.7 Å². The standard InChI is InChI=1S/C30H28O9/c1-28(2,3)38-36-25(31)17-11-13-21-23(15-17)34-24-16-18(26(32)37-39-29(4,5)6)12-14-22(24)30(21)20-10-8-7-9-19(20)27(33)35-30/h7-16H,1-6H3. The Morgan fingerprint density at radius 1 is 0.692 bits per heavy atom. The van der Waals surface area contributed by atoms with Gasteiger partial charge in [-0.1, -0.05) is 18.2 Å². The first-order valence-corrected chi connectivity index (χ1v) is 12.4. The summed E-state index contributed by atoms with van der Waals surface area (Å²) in [6.45, 7) is 10.5. The molecular weight excluding hydrogens is 504 g/mol. The van der Waals surface area contributed by atoms with Crippen LogP contribution in [0.15, 0.2) is 60.7 Å². The van der Waals surface area contributed by atoms with Gasteiger partial charge in [-0.25, -0.2) is 14.4 Å². The number of rotatable bonds is 4. The van der Waals surface area contributed by atoms with Gasteiger partial charge < -0.3 is 9.47 Å². The molecular formula is C30H28O9. The Hall–Kier alpha value is -4.21. The Morgan fingerprint density at radius 2 is 1.18 bits per heavy atom. The highest BCUT2D eigenvalue weighted by Crippen LogP contribution is 2.56. The Labute approximate surface area is 225 Å². The molecule has 0 saturated heterocycles. The predicted octanol–water partition coefficient (Wildman–Crippen LogP) is 6.03. The number of carbonyl (C=O) groups excluding carboxylic acids is 3. The summed E-state index contributed by atoms with van der Waals surface area (Å²) in [5, 5.41) is 0. The van der Waals surface area contributed by atoms with Gasteiger partial charge in [0.05, 0.1) is 16.7 Å². The molecule has 0 radical (unpaired) electrons. The van der Waals surface area contributed by atoms with E-state index in [2.05, 4.69) is 0 Å². The summed E-state index contributed by atoms with van der Waals surface area (Å²) in [7, 11) is 0. The molecule has 5 rings (SSSR count). The largest absolute Gasteiger partial charge is 0.456 e. The molecule has 0 fully saturated rings. The fourth-order valence-electron chi connectivity index (χ4n) is 4.35. The summed E-state index contributed by atoms with van der Waals surface area (Å²) in [5.41, 5.74) is -0.433. The van der Waals surface area contributed by atoms with Crippen LogP contribution in [0.5, 0.6) is 11.5 Å². The van der Waals surface area contributed by atoms with Gasteiger partial charge in [-0.15, -0.1) is 0 Å². The number of hydrogen-bond acceptors (Lipinski definition) is 9. The number of esters is 1. The average Bonchev–Trinajstić information content (AvgIpc) is 3.17. The van der Waals surface area contributed by atoms with E-state index in [1.807, 2.05) is 6.07 Å². The van der Waals surface area contributed by atoms with E-state index >= 15 is 0 Å². The van der Waals surface area contributed by atoms with Crippen molar-refractivity contribution in [1.82, 2.24) is 0 Å². The summed E-state index contributed by atoms with van der Waals surface area (Å²) in [6, 6.07) is 16.4. The Bertz CT molecular complexity index is 1410. The predicted molar refractivity (Wildman–Crippen MR) is 137 cm³/mol. The minimum atomic E-state index is -1.37. The van der Waals surface area contributed by atoms with Crippen molar-refractivity contribution in [2.24, 2.45) is 0 Å². The van der Waals surface area contributed by atoms with Crippen molar-refractivity contribution >= 4 is 17.9 Å². The molecule has 39 heavy (non-hydrogen) atoms. The van der Waals surface area contributed by atoms with Gasteiger partial charge in [0.15, 0.2) is 5.60 Å². The summed E-state index contributed by atoms with van der Waals surface area (Å²) >= 11 is 0. The maximum atomic E-state index is 13.0. The zero-order valence-electron chi connectivity index (χ0n) is 22.4. The highest BCUT2D eigenvalue weighted by atomic mass is 17.2. The van der Waals surface area contributed by atoms with E-state index in [9.17, 15) is 14.4 Å². The van der Waals surface area contributed by atoms with Crippen molar-refractivity contribution in [3.63, 3.8) is 0 Å². The van der Waals surface area contributed by atoms with Crippen LogP contribution in [0.3, 0.4) is 0 Å². The second-order valence-corrected chi connectivity index (χ2v) is 11.3. The summed E-state index contributed by atoms with van der Waals surface area (Å²) < 4.78 is 12.3. The van der Waals surface area contributed by atoms with E-state index in [1.54, 1.807) is 84.0 Å². The molecule has 2 aliphatic rings. The molecule has 0 aromatic heterocycles. The minimum absolute atomic E-state index is 0.156. The van der Waals surface area contributed by atoms with E-state index in [0.29, 0.717) is 22.3 Å².